The van der Waals surface area contributed by atoms with E-state index in [0.717, 1.165) is 6.07 Å². The molecule has 1 rings (SSSR count). The third-order valence-electron chi connectivity index (χ3n) is 1.98. The summed E-state index contributed by atoms with van der Waals surface area (Å²) in [6.45, 7) is 1.59. The highest BCUT2D eigenvalue weighted by molar-refractivity contribution is 9.10. The normalized spacial score (nSPS) is 11.4. The minimum Gasteiger partial charge on any atom is -0.272 e. The molecule has 18 heavy (non-hydrogen) atoms. The Kier molecular flexibility index (Phi) is 4.78. The van der Waals surface area contributed by atoms with Crippen molar-refractivity contribution in [1.82, 2.24) is 10.9 Å². The summed E-state index contributed by atoms with van der Waals surface area (Å²) in [5.74, 6) is -1.05. The lowest BCUT2D eigenvalue weighted by atomic mass is 10.2. The fourth-order valence-corrected chi connectivity index (χ4v) is 1.17. The van der Waals surface area contributed by atoms with Crippen LogP contribution in [0.4, 0.5) is 5.69 Å². The van der Waals surface area contributed by atoms with Crippen molar-refractivity contribution < 1.29 is 14.5 Å². The molecule has 0 radical (unpaired) electrons. The SMILES string of the molecule is C[C@H](Br)C(=O)NNC(=O)c1cccc([N+](=O)[O-])c1. The van der Waals surface area contributed by atoms with E-state index >= 15 is 0 Å². The number of hydrogen-bond donors (Lipinski definition) is 2. The van der Waals surface area contributed by atoms with Crippen LogP contribution >= 0.6 is 15.9 Å². The van der Waals surface area contributed by atoms with Crippen molar-refractivity contribution in [3.05, 3.63) is 39.9 Å². The van der Waals surface area contributed by atoms with Gasteiger partial charge in [0.2, 0.25) is 0 Å². The molecule has 0 saturated carbocycles. The summed E-state index contributed by atoms with van der Waals surface area (Å²) in [6.07, 6.45) is 0. The maximum Gasteiger partial charge on any atom is 0.270 e. The van der Waals surface area contributed by atoms with Crippen molar-refractivity contribution in [2.45, 2.75) is 11.8 Å². The maximum absolute atomic E-state index is 11.6. The number of carbonyl (C=O) groups is 2. The second-order valence-electron chi connectivity index (χ2n) is 3.37. The van der Waals surface area contributed by atoms with E-state index in [9.17, 15) is 19.7 Å². The third kappa shape index (κ3) is 3.81. The van der Waals surface area contributed by atoms with Crippen molar-refractivity contribution >= 4 is 33.4 Å². The molecule has 2 amide bonds. The van der Waals surface area contributed by atoms with E-state index in [4.69, 9.17) is 0 Å². The summed E-state index contributed by atoms with van der Waals surface area (Å²) in [5, 5.41) is 10.5. The lowest BCUT2D eigenvalue weighted by molar-refractivity contribution is -0.384. The molecule has 0 bridgehead atoms. The van der Waals surface area contributed by atoms with E-state index < -0.39 is 21.6 Å². The van der Waals surface area contributed by atoms with E-state index in [1.807, 2.05) is 0 Å². The number of carbonyl (C=O) groups excluding carboxylic acids is 2. The number of rotatable bonds is 3. The van der Waals surface area contributed by atoms with Crippen LogP contribution < -0.4 is 10.9 Å². The summed E-state index contributed by atoms with van der Waals surface area (Å²) >= 11 is 3.02. The monoisotopic (exact) mass is 315 g/mol. The molecule has 0 spiro atoms. The number of nitrogens with zero attached hydrogens (tertiary/aromatic N) is 1. The number of nitro groups is 1. The zero-order valence-electron chi connectivity index (χ0n) is 9.34. The molecule has 8 heteroatoms. The molecule has 0 fully saturated rings. The highest BCUT2D eigenvalue weighted by Crippen LogP contribution is 2.12. The van der Waals surface area contributed by atoms with Gasteiger partial charge in [-0.2, -0.15) is 0 Å². The third-order valence-corrected chi connectivity index (χ3v) is 2.40. The lowest BCUT2D eigenvalue weighted by Crippen LogP contribution is -2.44. The Labute approximate surface area is 111 Å². The zero-order valence-corrected chi connectivity index (χ0v) is 10.9. The number of amides is 2. The predicted molar refractivity (Wildman–Crippen MR) is 67.1 cm³/mol. The second-order valence-corrected chi connectivity index (χ2v) is 4.74. The number of hydrogen-bond acceptors (Lipinski definition) is 4. The molecular weight excluding hydrogens is 306 g/mol. The Morgan fingerprint density at radius 1 is 1.39 bits per heavy atom. The van der Waals surface area contributed by atoms with Crippen molar-refractivity contribution in [3.63, 3.8) is 0 Å². The molecule has 1 aromatic rings. The van der Waals surface area contributed by atoms with Gasteiger partial charge in [-0.15, -0.1) is 0 Å². The second kappa shape index (κ2) is 6.10. The number of hydrazine groups is 1. The molecule has 96 valence electrons. The Morgan fingerprint density at radius 3 is 2.61 bits per heavy atom. The highest BCUT2D eigenvalue weighted by Gasteiger charge is 2.13. The van der Waals surface area contributed by atoms with Gasteiger partial charge in [0.1, 0.15) is 0 Å². The van der Waals surface area contributed by atoms with Gasteiger partial charge in [0.15, 0.2) is 0 Å². The van der Waals surface area contributed by atoms with Crippen LogP contribution in [0.1, 0.15) is 17.3 Å². The number of nitro benzene ring substituents is 1. The minimum absolute atomic E-state index is 0.0896. The van der Waals surface area contributed by atoms with Crippen LogP contribution in [0.3, 0.4) is 0 Å². The minimum atomic E-state index is -0.625. The molecule has 0 aliphatic heterocycles. The molecule has 2 N–H and O–H groups in total. The van der Waals surface area contributed by atoms with Gasteiger partial charge in [0.05, 0.1) is 9.75 Å². The predicted octanol–water partition coefficient (Wildman–Crippen LogP) is 1.14. The van der Waals surface area contributed by atoms with Crippen LogP contribution in [0.25, 0.3) is 0 Å². The van der Waals surface area contributed by atoms with E-state index in [1.165, 1.54) is 18.2 Å². The number of alkyl halides is 1. The molecule has 0 aliphatic rings. The standard InChI is InChI=1S/C10H10BrN3O4/c1-6(11)9(15)12-13-10(16)7-3-2-4-8(5-7)14(17)18/h2-6H,1H3,(H,12,15)(H,13,16)/t6-/m0/s1. The van der Waals surface area contributed by atoms with Crippen molar-refractivity contribution in [3.8, 4) is 0 Å². The Hall–Kier alpha value is -1.96. The summed E-state index contributed by atoms with van der Waals surface area (Å²) < 4.78 is 0. The molecule has 1 atom stereocenters. The summed E-state index contributed by atoms with van der Waals surface area (Å²) in [5.41, 5.74) is 4.23. The maximum atomic E-state index is 11.6. The summed E-state index contributed by atoms with van der Waals surface area (Å²) in [7, 11) is 0. The quantitative estimate of drug-likeness (QED) is 0.496. The molecule has 0 aromatic heterocycles. The number of benzene rings is 1. The number of halogens is 1. The molecule has 0 unspecified atom stereocenters. The van der Waals surface area contributed by atoms with Gasteiger partial charge >= 0.3 is 0 Å². The van der Waals surface area contributed by atoms with Crippen LogP contribution in [0.5, 0.6) is 0 Å². The Balaban J connectivity index is 2.70. The largest absolute Gasteiger partial charge is 0.272 e. The topological polar surface area (TPSA) is 101 Å². The van der Waals surface area contributed by atoms with Crippen molar-refractivity contribution in [2.24, 2.45) is 0 Å². The van der Waals surface area contributed by atoms with Crippen molar-refractivity contribution in [1.29, 1.82) is 0 Å². The molecule has 0 heterocycles. The summed E-state index contributed by atoms with van der Waals surface area (Å²) in [4.78, 5) is 32.2. The van der Waals surface area contributed by atoms with Crippen LogP contribution in [0, 0.1) is 10.1 Å². The van der Waals surface area contributed by atoms with E-state index in [0.29, 0.717) is 0 Å². The number of non-ortho nitro benzene ring substituents is 1. The molecular formula is C10H10BrN3O4. The highest BCUT2D eigenvalue weighted by atomic mass is 79.9. The van der Waals surface area contributed by atoms with Gasteiger partial charge in [0.25, 0.3) is 17.5 Å². The molecule has 0 aliphatic carbocycles. The fraction of sp³-hybridized carbons (Fsp3) is 0.200. The Morgan fingerprint density at radius 2 is 2.06 bits per heavy atom. The van der Waals surface area contributed by atoms with Gasteiger partial charge in [0, 0.05) is 17.7 Å². The van der Waals surface area contributed by atoms with Gasteiger partial charge < -0.3 is 0 Å². The van der Waals surface area contributed by atoms with Gasteiger partial charge in [-0.25, -0.2) is 0 Å². The lowest BCUT2D eigenvalue weighted by Gasteiger charge is -2.08. The molecule has 7 nitrogen and oxygen atoms in total. The van der Waals surface area contributed by atoms with Crippen molar-refractivity contribution in [2.75, 3.05) is 0 Å². The summed E-state index contributed by atoms with van der Waals surface area (Å²) in [6, 6.07) is 5.20. The molecule has 0 saturated heterocycles. The molecule has 1 aromatic carbocycles. The van der Waals surface area contributed by atoms with E-state index in [2.05, 4.69) is 26.8 Å². The first-order valence-corrected chi connectivity index (χ1v) is 5.82. The Bertz CT molecular complexity index is 490. The van der Waals surface area contributed by atoms with Gasteiger partial charge in [-0.1, -0.05) is 22.0 Å². The first-order chi connectivity index (χ1) is 8.41. The first kappa shape index (κ1) is 14.1. The van der Waals surface area contributed by atoms with Crippen LogP contribution in [0.2, 0.25) is 0 Å². The van der Waals surface area contributed by atoms with Gasteiger partial charge in [-0.05, 0) is 13.0 Å². The number of nitrogens with one attached hydrogen (secondary N) is 2. The first-order valence-electron chi connectivity index (χ1n) is 4.90. The van der Waals surface area contributed by atoms with Crippen LogP contribution in [-0.4, -0.2) is 21.6 Å². The average Bonchev–Trinajstić information content (AvgIpc) is 2.35. The van der Waals surface area contributed by atoms with Crippen LogP contribution in [-0.2, 0) is 4.79 Å². The van der Waals surface area contributed by atoms with Crippen LogP contribution in [0.15, 0.2) is 24.3 Å². The average molecular weight is 316 g/mol. The zero-order chi connectivity index (χ0) is 13.7. The fourth-order valence-electron chi connectivity index (χ4n) is 1.05. The van der Waals surface area contributed by atoms with E-state index in [1.54, 1.807) is 6.92 Å². The van der Waals surface area contributed by atoms with Gasteiger partial charge in [-0.3, -0.25) is 30.6 Å². The van der Waals surface area contributed by atoms with E-state index in [-0.39, 0.29) is 11.3 Å². The smallest absolute Gasteiger partial charge is 0.270 e.